The Bertz CT molecular complexity index is 196. The van der Waals surface area contributed by atoms with Gasteiger partial charge in [-0.2, -0.15) is 17.5 Å². The van der Waals surface area contributed by atoms with E-state index in [9.17, 15) is 0 Å². The van der Waals surface area contributed by atoms with E-state index in [4.69, 9.17) is 0 Å². The van der Waals surface area contributed by atoms with Crippen LogP contribution in [0.1, 0.15) is 0 Å². The molecule has 52 valence electrons. The number of hydrogen-bond donors (Lipinski definition) is 0. The maximum atomic E-state index is 3.60. The second-order valence-electron chi connectivity index (χ2n) is 1.80. The van der Waals surface area contributed by atoms with E-state index < -0.39 is 0 Å². The Morgan fingerprint density at radius 1 is 1.27 bits per heavy atom. The Labute approximate surface area is 84.3 Å². The third-order valence-corrected chi connectivity index (χ3v) is 1.92. The van der Waals surface area contributed by atoms with E-state index in [1.165, 1.54) is 4.90 Å². The van der Waals surface area contributed by atoms with Gasteiger partial charge in [0.25, 0.3) is 0 Å². The van der Waals surface area contributed by atoms with Crippen LogP contribution in [0.15, 0.2) is 47.9 Å². The van der Waals surface area contributed by atoms with Crippen molar-refractivity contribution in [2.45, 2.75) is 4.90 Å². The molecule has 0 bridgehead atoms. The smallest absolute Gasteiger partial charge is 0.244 e. The van der Waals surface area contributed by atoms with Gasteiger partial charge in [0.15, 0.2) is 0 Å². The van der Waals surface area contributed by atoms with E-state index in [0.29, 0.717) is 0 Å². The molecule has 0 fully saturated rings. The third kappa shape index (κ3) is 4.26. The number of thioether (sulfide) groups is 1. The van der Waals surface area contributed by atoms with Crippen LogP contribution in [0.25, 0.3) is 0 Å². The minimum absolute atomic E-state index is 0. The normalized spacial score (nSPS) is 8.00. The average molecular weight is 156 g/mol. The Balaban J connectivity index is 0.000001000. The third-order valence-electron chi connectivity index (χ3n) is 1.04. The summed E-state index contributed by atoms with van der Waals surface area (Å²) in [4.78, 5) is 1.25. The van der Waals surface area contributed by atoms with Crippen molar-refractivity contribution in [3.63, 3.8) is 0 Å². The summed E-state index contributed by atoms with van der Waals surface area (Å²) in [7, 11) is 0. The van der Waals surface area contributed by atoms with E-state index in [-0.39, 0.29) is 18.9 Å². The molecule has 0 saturated carbocycles. The molecule has 0 nitrogen and oxygen atoms in total. The molecular weight excluding hydrogens is 147 g/mol. The largest absolute Gasteiger partial charge is 1.00 e. The van der Waals surface area contributed by atoms with Crippen molar-refractivity contribution in [3.8, 4) is 0 Å². The van der Waals surface area contributed by atoms with E-state index in [2.05, 4.69) is 18.7 Å². The quantitative estimate of drug-likeness (QED) is 0.340. The molecule has 1 aromatic carbocycles. The number of rotatable bonds is 3. The zero-order valence-electron chi connectivity index (χ0n) is 6.66. The van der Waals surface area contributed by atoms with Gasteiger partial charge in [-0.05, 0) is 17.0 Å². The van der Waals surface area contributed by atoms with Crippen LogP contribution in [0.4, 0.5) is 0 Å². The average Bonchev–Trinajstić information content (AvgIpc) is 2.03. The summed E-state index contributed by atoms with van der Waals surface area (Å²) in [5.74, 6) is 1.97. The molecule has 0 saturated heterocycles. The van der Waals surface area contributed by atoms with Gasteiger partial charge < -0.3 is 0 Å². The standard InChI is InChI=1S/C9H9S.Li/c1-2-8-10-9-6-4-3-5-7-9;/h2-8H,1H2;/q-1;+1. The van der Waals surface area contributed by atoms with Crippen LogP contribution in [-0.2, 0) is 0 Å². The van der Waals surface area contributed by atoms with Crippen LogP contribution in [0.5, 0.6) is 0 Å². The van der Waals surface area contributed by atoms with Gasteiger partial charge in [-0.1, -0.05) is 18.2 Å². The van der Waals surface area contributed by atoms with Crippen LogP contribution in [0.3, 0.4) is 0 Å². The van der Waals surface area contributed by atoms with Crippen molar-refractivity contribution >= 4 is 11.8 Å². The summed E-state index contributed by atoms with van der Waals surface area (Å²) in [6.45, 7) is 3.60. The van der Waals surface area contributed by atoms with Crippen molar-refractivity contribution in [2.75, 3.05) is 0 Å². The monoisotopic (exact) mass is 156 g/mol. The summed E-state index contributed by atoms with van der Waals surface area (Å²) in [5.41, 5.74) is 0. The molecule has 0 spiro atoms. The van der Waals surface area contributed by atoms with Crippen molar-refractivity contribution in [3.05, 3.63) is 48.7 Å². The van der Waals surface area contributed by atoms with Crippen LogP contribution >= 0.6 is 11.8 Å². The molecule has 1 rings (SSSR count). The summed E-state index contributed by atoms with van der Waals surface area (Å²) >= 11 is 1.68. The van der Waals surface area contributed by atoms with Gasteiger partial charge in [-0.15, -0.1) is 0 Å². The van der Waals surface area contributed by atoms with Gasteiger partial charge in [0.1, 0.15) is 0 Å². The van der Waals surface area contributed by atoms with Gasteiger partial charge in [-0.3, -0.25) is 0 Å². The first-order valence-electron chi connectivity index (χ1n) is 3.09. The molecule has 0 aliphatic carbocycles. The Morgan fingerprint density at radius 3 is 2.45 bits per heavy atom. The van der Waals surface area contributed by atoms with E-state index >= 15 is 0 Å². The molecule has 0 amide bonds. The van der Waals surface area contributed by atoms with Crippen molar-refractivity contribution < 1.29 is 18.9 Å². The van der Waals surface area contributed by atoms with Crippen LogP contribution in [0, 0.1) is 5.75 Å². The van der Waals surface area contributed by atoms with Crippen LogP contribution in [-0.4, -0.2) is 0 Å². The molecule has 0 N–H and O–H groups in total. The molecule has 0 heterocycles. The minimum Gasteiger partial charge on any atom is -0.244 e. The second-order valence-corrected chi connectivity index (χ2v) is 2.78. The summed E-state index contributed by atoms with van der Waals surface area (Å²) < 4.78 is 0. The van der Waals surface area contributed by atoms with Gasteiger partial charge in [0, 0.05) is 0 Å². The first-order chi connectivity index (χ1) is 4.93. The van der Waals surface area contributed by atoms with Gasteiger partial charge in [-0.25, -0.2) is 12.7 Å². The van der Waals surface area contributed by atoms with E-state index in [0.717, 1.165) is 0 Å². The fourth-order valence-corrected chi connectivity index (χ4v) is 1.19. The van der Waals surface area contributed by atoms with Gasteiger partial charge in [0.05, 0.1) is 0 Å². The maximum Gasteiger partial charge on any atom is 1.00 e. The van der Waals surface area contributed by atoms with Crippen LogP contribution in [0.2, 0.25) is 0 Å². The van der Waals surface area contributed by atoms with Crippen molar-refractivity contribution in [1.29, 1.82) is 0 Å². The fourth-order valence-electron chi connectivity index (χ4n) is 0.626. The molecule has 0 aromatic heterocycles. The SMILES string of the molecule is C=C[CH-]Sc1ccccc1.[Li+]. The first kappa shape index (κ1) is 10.8. The molecule has 0 unspecified atom stereocenters. The fraction of sp³-hybridized carbons (Fsp3) is 0. The Hall–Kier alpha value is -0.223. The number of benzene rings is 1. The second kappa shape index (κ2) is 6.49. The van der Waals surface area contributed by atoms with Crippen LogP contribution < -0.4 is 18.9 Å². The maximum absolute atomic E-state index is 3.60. The Morgan fingerprint density at radius 2 is 1.91 bits per heavy atom. The van der Waals surface area contributed by atoms with Gasteiger partial charge >= 0.3 is 18.9 Å². The van der Waals surface area contributed by atoms with E-state index in [1.54, 1.807) is 17.8 Å². The molecule has 0 atom stereocenters. The topological polar surface area (TPSA) is 0 Å². The van der Waals surface area contributed by atoms with Crippen molar-refractivity contribution in [2.24, 2.45) is 0 Å². The molecule has 0 radical (unpaired) electrons. The molecular formula is C9H9LiS. The van der Waals surface area contributed by atoms with Crippen molar-refractivity contribution in [1.82, 2.24) is 0 Å². The minimum atomic E-state index is 0. The summed E-state index contributed by atoms with van der Waals surface area (Å²) in [5, 5.41) is 0. The molecule has 0 aliphatic heterocycles. The molecule has 2 heteroatoms. The Kier molecular flexibility index (Phi) is 6.35. The molecule has 0 aliphatic rings. The zero-order chi connectivity index (χ0) is 7.23. The first-order valence-corrected chi connectivity index (χ1v) is 3.97. The molecule has 1 aromatic rings. The predicted octanol–water partition coefficient (Wildman–Crippen LogP) is 0.130. The summed E-state index contributed by atoms with van der Waals surface area (Å²) in [6, 6.07) is 10.2. The van der Waals surface area contributed by atoms with Gasteiger partial charge in [0.2, 0.25) is 0 Å². The molecule has 11 heavy (non-hydrogen) atoms. The zero-order valence-corrected chi connectivity index (χ0v) is 7.47. The number of hydrogen-bond acceptors (Lipinski definition) is 1. The summed E-state index contributed by atoms with van der Waals surface area (Å²) in [6.07, 6.45) is 1.79. The van der Waals surface area contributed by atoms with E-state index in [1.807, 2.05) is 24.0 Å². The predicted molar refractivity (Wildman–Crippen MR) is 46.8 cm³/mol.